The first-order chi connectivity index (χ1) is 11.7. The topological polar surface area (TPSA) is 66.4 Å². The summed E-state index contributed by atoms with van der Waals surface area (Å²) in [5, 5.41) is 11.5. The van der Waals surface area contributed by atoms with Gasteiger partial charge in [-0.2, -0.15) is 13.2 Å². The van der Waals surface area contributed by atoms with E-state index in [2.05, 4.69) is 5.32 Å². The van der Waals surface area contributed by atoms with Crippen LogP contribution in [0.1, 0.15) is 44.9 Å². The van der Waals surface area contributed by atoms with E-state index < -0.39 is 17.7 Å². The van der Waals surface area contributed by atoms with Crippen LogP contribution < -0.4 is 5.32 Å². The molecule has 1 aromatic heterocycles. The number of carbonyl (C=O) groups excluding carboxylic acids is 1. The zero-order valence-electron chi connectivity index (χ0n) is 13.3. The van der Waals surface area contributed by atoms with Gasteiger partial charge in [-0.1, -0.05) is 19.1 Å². The Kier molecular flexibility index (Phi) is 5.84. The second-order valence-electron chi connectivity index (χ2n) is 5.57. The average molecular weight is 371 g/mol. The molecule has 0 saturated heterocycles. The van der Waals surface area contributed by atoms with Crippen LogP contribution in [0.15, 0.2) is 36.4 Å². The maximum atomic E-state index is 12.5. The molecule has 25 heavy (non-hydrogen) atoms. The van der Waals surface area contributed by atoms with Crippen LogP contribution in [-0.4, -0.2) is 17.0 Å². The Morgan fingerprint density at radius 1 is 1.16 bits per heavy atom. The normalized spacial score (nSPS) is 12.6. The van der Waals surface area contributed by atoms with E-state index in [1.54, 1.807) is 13.0 Å². The lowest BCUT2D eigenvalue weighted by atomic mass is 9.96. The zero-order chi connectivity index (χ0) is 18.6. The molecule has 1 aromatic carbocycles. The third-order valence-electron chi connectivity index (χ3n) is 3.63. The average Bonchev–Trinajstić information content (AvgIpc) is 3.01. The fraction of sp³-hybridized carbons (Fsp3) is 0.294. The van der Waals surface area contributed by atoms with Crippen molar-refractivity contribution in [2.75, 3.05) is 0 Å². The van der Waals surface area contributed by atoms with Gasteiger partial charge in [-0.25, -0.2) is 4.79 Å². The highest BCUT2D eigenvalue weighted by molar-refractivity contribution is 7.13. The maximum Gasteiger partial charge on any atom is 0.416 e. The van der Waals surface area contributed by atoms with Crippen molar-refractivity contribution in [3.8, 4) is 0 Å². The van der Waals surface area contributed by atoms with E-state index in [-0.39, 0.29) is 29.7 Å². The van der Waals surface area contributed by atoms with Crippen LogP contribution in [0.2, 0.25) is 0 Å². The lowest BCUT2D eigenvalue weighted by Gasteiger charge is -2.13. The van der Waals surface area contributed by atoms with Crippen LogP contribution in [-0.2, 0) is 17.5 Å². The number of benzene rings is 1. The molecule has 0 saturated carbocycles. The Labute approximate surface area is 146 Å². The predicted molar refractivity (Wildman–Crippen MR) is 87.6 cm³/mol. The molecular formula is C17H16F3NO3S. The Bertz CT molecular complexity index is 753. The molecule has 2 aromatic rings. The number of carboxylic acid groups (broad SMARTS) is 1. The maximum absolute atomic E-state index is 12.5. The van der Waals surface area contributed by atoms with E-state index in [9.17, 15) is 22.8 Å². The van der Waals surface area contributed by atoms with Crippen molar-refractivity contribution in [3.05, 3.63) is 57.3 Å². The first-order valence-electron chi connectivity index (χ1n) is 7.42. The number of alkyl halides is 3. The van der Waals surface area contributed by atoms with Crippen LogP contribution in [0.4, 0.5) is 13.2 Å². The Hall–Kier alpha value is -2.35. The zero-order valence-corrected chi connectivity index (χ0v) is 14.1. The number of carboxylic acids is 1. The van der Waals surface area contributed by atoms with E-state index in [0.29, 0.717) is 10.4 Å². The monoisotopic (exact) mass is 371 g/mol. The van der Waals surface area contributed by atoms with Gasteiger partial charge in [-0.05, 0) is 35.7 Å². The summed E-state index contributed by atoms with van der Waals surface area (Å²) in [5.74, 6) is -1.50. The highest BCUT2D eigenvalue weighted by Gasteiger charge is 2.30. The summed E-state index contributed by atoms with van der Waals surface area (Å²) >= 11 is 1.08. The molecule has 4 nitrogen and oxygen atoms in total. The van der Waals surface area contributed by atoms with Crippen molar-refractivity contribution in [3.63, 3.8) is 0 Å². The molecule has 0 spiro atoms. The van der Waals surface area contributed by atoms with Crippen LogP contribution in [0.5, 0.6) is 0 Å². The molecule has 0 bridgehead atoms. The minimum absolute atomic E-state index is 0.128. The third kappa shape index (κ3) is 5.32. The first-order valence-corrected chi connectivity index (χ1v) is 8.24. The number of nitrogens with one attached hydrogen (secondary N) is 1. The summed E-state index contributed by atoms with van der Waals surface area (Å²) in [5.41, 5.74) is -0.0766. The number of amides is 1. The van der Waals surface area contributed by atoms with E-state index in [4.69, 9.17) is 5.11 Å². The molecule has 1 atom stereocenters. The minimum Gasteiger partial charge on any atom is -0.477 e. The van der Waals surface area contributed by atoms with Crippen LogP contribution in [0.25, 0.3) is 0 Å². The Balaban J connectivity index is 1.87. The second kappa shape index (κ2) is 7.69. The molecule has 134 valence electrons. The van der Waals surface area contributed by atoms with Crippen molar-refractivity contribution < 1.29 is 27.9 Å². The summed E-state index contributed by atoms with van der Waals surface area (Å²) in [4.78, 5) is 23.7. The predicted octanol–water partition coefficient (Wildman–Crippen LogP) is 4.28. The van der Waals surface area contributed by atoms with Gasteiger partial charge in [0, 0.05) is 11.3 Å². The molecular weight excluding hydrogens is 355 g/mol. The molecule has 2 N–H and O–H groups in total. The first kappa shape index (κ1) is 19.0. The molecule has 0 aliphatic heterocycles. The standard InChI is InChI=1S/C17H16F3NO3S/c1-10(11-2-4-12(5-3-11)17(18,19)20)8-15(22)21-9-13-6-7-14(25-13)16(23)24/h2-7,10H,8-9H2,1H3,(H,21,22)(H,23,24). The number of carbonyl (C=O) groups is 2. The molecule has 2 rings (SSSR count). The summed E-state index contributed by atoms with van der Waals surface area (Å²) in [6, 6.07) is 7.86. The Morgan fingerprint density at radius 2 is 1.80 bits per heavy atom. The molecule has 8 heteroatoms. The number of hydrogen-bond donors (Lipinski definition) is 2. The number of thiophene rings is 1. The number of hydrogen-bond acceptors (Lipinski definition) is 3. The molecule has 1 heterocycles. The molecule has 0 aliphatic rings. The van der Waals surface area contributed by atoms with Crippen molar-refractivity contribution in [2.45, 2.75) is 32.0 Å². The lowest BCUT2D eigenvalue weighted by molar-refractivity contribution is -0.137. The van der Waals surface area contributed by atoms with Gasteiger partial charge in [0.15, 0.2) is 0 Å². The quantitative estimate of drug-likeness (QED) is 0.797. The van der Waals surface area contributed by atoms with Crippen LogP contribution >= 0.6 is 11.3 Å². The lowest BCUT2D eigenvalue weighted by Crippen LogP contribution is -2.23. The summed E-state index contributed by atoms with van der Waals surface area (Å²) < 4.78 is 37.6. The summed E-state index contributed by atoms with van der Waals surface area (Å²) in [7, 11) is 0. The van der Waals surface area contributed by atoms with E-state index >= 15 is 0 Å². The van der Waals surface area contributed by atoms with Gasteiger partial charge in [0.05, 0.1) is 12.1 Å². The minimum atomic E-state index is -4.38. The van der Waals surface area contributed by atoms with Gasteiger partial charge < -0.3 is 10.4 Å². The van der Waals surface area contributed by atoms with Crippen molar-refractivity contribution in [1.82, 2.24) is 5.32 Å². The molecule has 0 fully saturated rings. The van der Waals surface area contributed by atoms with Crippen molar-refractivity contribution in [1.29, 1.82) is 0 Å². The fourth-order valence-corrected chi connectivity index (χ4v) is 3.03. The smallest absolute Gasteiger partial charge is 0.416 e. The summed E-state index contributed by atoms with van der Waals surface area (Å²) in [6.07, 6.45) is -4.25. The van der Waals surface area contributed by atoms with Gasteiger partial charge in [0.1, 0.15) is 4.88 Å². The van der Waals surface area contributed by atoms with Gasteiger partial charge in [0.2, 0.25) is 5.91 Å². The fourth-order valence-electron chi connectivity index (χ4n) is 2.24. The van der Waals surface area contributed by atoms with E-state index in [1.165, 1.54) is 18.2 Å². The van der Waals surface area contributed by atoms with Gasteiger partial charge in [0.25, 0.3) is 0 Å². The molecule has 0 aliphatic carbocycles. The highest BCUT2D eigenvalue weighted by Crippen LogP contribution is 2.30. The SMILES string of the molecule is CC(CC(=O)NCc1ccc(C(=O)O)s1)c1ccc(C(F)(F)F)cc1. The van der Waals surface area contributed by atoms with Crippen molar-refractivity contribution >= 4 is 23.2 Å². The van der Waals surface area contributed by atoms with Gasteiger partial charge in [-0.15, -0.1) is 11.3 Å². The number of halogens is 3. The number of rotatable bonds is 6. The molecule has 1 unspecified atom stereocenters. The van der Waals surface area contributed by atoms with Gasteiger partial charge in [-0.3, -0.25) is 4.79 Å². The third-order valence-corrected chi connectivity index (χ3v) is 4.70. The second-order valence-corrected chi connectivity index (χ2v) is 6.74. The van der Waals surface area contributed by atoms with E-state index in [1.807, 2.05) is 0 Å². The Morgan fingerprint density at radius 3 is 2.32 bits per heavy atom. The van der Waals surface area contributed by atoms with Crippen LogP contribution in [0.3, 0.4) is 0 Å². The molecule has 0 radical (unpaired) electrons. The van der Waals surface area contributed by atoms with E-state index in [0.717, 1.165) is 23.5 Å². The summed E-state index contributed by atoms with van der Waals surface area (Å²) in [6.45, 7) is 1.98. The highest BCUT2D eigenvalue weighted by atomic mass is 32.1. The largest absolute Gasteiger partial charge is 0.477 e. The van der Waals surface area contributed by atoms with Crippen LogP contribution in [0, 0.1) is 0 Å². The number of aromatic carboxylic acids is 1. The van der Waals surface area contributed by atoms with Gasteiger partial charge >= 0.3 is 12.1 Å². The molecule has 1 amide bonds. The van der Waals surface area contributed by atoms with Crippen molar-refractivity contribution in [2.24, 2.45) is 0 Å².